The highest BCUT2D eigenvalue weighted by Gasteiger charge is 2.28. The Balaban J connectivity index is 2.10. The van der Waals surface area contributed by atoms with Crippen LogP contribution < -0.4 is 11.1 Å². The Bertz CT molecular complexity index is 2090. The smallest absolute Gasteiger partial charge is 0.249 e. The lowest BCUT2D eigenvalue weighted by atomic mass is 9.95. The number of benzene rings is 3. The molecule has 9 nitrogen and oxygen atoms in total. The van der Waals surface area contributed by atoms with E-state index in [0.717, 1.165) is 12.1 Å². The van der Waals surface area contributed by atoms with E-state index in [1.165, 1.54) is 31.2 Å². The zero-order chi connectivity index (χ0) is 27.8. The maximum atomic E-state index is 15.3. The molecule has 0 fully saturated rings. The minimum atomic E-state index is -0.831. The van der Waals surface area contributed by atoms with Crippen LogP contribution in [0.25, 0.3) is 55.6 Å². The molecule has 2 aromatic heterocycles. The summed E-state index contributed by atoms with van der Waals surface area (Å²) in [6.45, 7) is 1.44. The van der Waals surface area contributed by atoms with Crippen LogP contribution in [0.15, 0.2) is 45.2 Å². The molecule has 0 unspecified atom stereocenters. The Kier molecular flexibility index (Phi) is 5.78. The van der Waals surface area contributed by atoms with E-state index in [-0.39, 0.29) is 66.7 Å². The number of nitrogens with zero attached hydrogens (tertiary/aromatic N) is 7. The highest BCUT2D eigenvalue weighted by Crippen LogP contribution is 2.43. The molecule has 0 bridgehead atoms. The first-order chi connectivity index (χ1) is 18.8. The molecule has 182 valence electrons. The van der Waals surface area contributed by atoms with Crippen molar-refractivity contribution in [2.24, 2.45) is 0 Å². The van der Waals surface area contributed by atoms with Crippen LogP contribution in [0.5, 0.6) is 0 Å². The van der Waals surface area contributed by atoms with Crippen LogP contribution in [-0.2, 0) is 0 Å². The van der Waals surface area contributed by atoms with Gasteiger partial charge in [-0.05, 0) is 43.3 Å². The van der Waals surface area contributed by atoms with Crippen molar-refractivity contribution in [1.29, 1.82) is 26.3 Å². The van der Waals surface area contributed by atoms with Crippen molar-refractivity contribution in [3.8, 4) is 52.6 Å². The average molecular weight is 513 g/mol. The second-order valence-electron chi connectivity index (χ2n) is 8.09. The van der Waals surface area contributed by atoms with E-state index >= 15 is 8.78 Å². The van der Waals surface area contributed by atoms with Gasteiger partial charge in [-0.1, -0.05) is 0 Å². The van der Waals surface area contributed by atoms with Gasteiger partial charge in [-0.3, -0.25) is 0 Å². The third kappa shape index (κ3) is 3.79. The van der Waals surface area contributed by atoms with Gasteiger partial charge in [0.05, 0.1) is 40.0 Å². The van der Waals surface area contributed by atoms with Crippen molar-refractivity contribution >= 4 is 33.3 Å². The van der Waals surface area contributed by atoms with Crippen molar-refractivity contribution in [3.05, 3.63) is 70.3 Å². The first-order valence-corrected chi connectivity index (χ1v) is 10.9. The van der Waals surface area contributed by atoms with Crippen LogP contribution >= 0.6 is 0 Å². The predicted octanol–water partition coefficient (Wildman–Crippen LogP) is 4.22. The summed E-state index contributed by atoms with van der Waals surface area (Å²) in [7, 11) is 0. The van der Waals surface area contributed by atoms with E-state index in [1.54, 1.807) is 12.1 Å². The van der Waals surface area contributed by atoms with Gasteiger partial charge < -0.3 is 8.83 Å². The summed E-state index contributed by atoms with van der Waals surface area (Å²) in [5.74, 6) is -1.66. The van der Waals surface area contributed by atoms with Gasteiger partial charge in [0.15, 0.2) is 16.7 Å². The lowest BCUT2D eigenvalue weighted by molar-refractivity contribution is 0.558. The summed E-state index contributed by atoms with van der Waals surface area (Å²) in [5.41, 5.74) is -1.50. The lowest BCUT2D eigenvalue weighted by Crippen LogP contribution is -2.04. The average Bonchev–Trinajstić information content (AvgIpc) is 3.58. The molecule has 0 aliphatic carbocycles. The van der Waals surface area contributed by atoms with Crippen LogP contribution in [0.4, 0.5) is 8.78 Å². The second-order valence-corrected chi connectivity index (χ2v) is 8.09. The van der Waals surface area contributed by atoms with Gasteiger partial charge in [-0.25, -0.2) is 18.7 Å². The topological polar surface area (TPSA) is 171 Å². The Hall–Kier alpha value is -6.35. The van der Waals surface area contributed by atoms with Crippen LogP contribution in [-0.4, -0.2) is 9.97 Å². The van der Waals surface area contributed by atoms with Gasteiger partial charge in [0.25, 0.3) is 0 Å². The summed E-state index contributed by atoms with van der Waals surface area (Å²) in [6, 6.07) is 16.2. The zero-order valence-corrected chi connectivity index (χ0v) is 19.7. The quantitative estimate of drug-likeness (QED) is 0.335. The normalized spacial score (nSPS) is 11.2. The Morgan fingerprint density at radius 2 is 1.15 bits per heavy atom. The molecule has 0 N–H and O–H groups in total. The Morgan fingerprint density at radius 3 is 1.56 bits per heavy atom. The highest BCUT2D eigenvalue weighted by atomic mass is 19.1. The molecule has 2 heterocycles. The highest BCUT2D eigenvalue weighted by molar-refractivity contribution is 6.15. The molecule has 0 radical (unpaired) electrons. The van der Waals surface area contributed by atoms with Gasteiger partial charge in [-0.2, -0.15) is 26.3 Å². The number of hydrogen-bond donors (Lipinski definition) is 0. The van der Waals surface area contributed by atoms with Gasteiger partial charge in [0.2, 0.25) is 11.1 Å². The summed E-state index contributed by atoms with van der Waals surface area (Å²) in [4.78, 5) is 8.65. The molecule has 39 heavy (non-hydrogen) atoms. The molecule has 3 aromatic carbocycles. The predicted molar refractivity (Wildman–Crippen MR) is 130 cm³/mol. The fourth-order valence-corrected chi connectivity index (χ4v) is 4.04. The summed E-state index contributed by atoms with van der Waals surface area (Å²) >= 11 is 0. The van der Waals surface area contributed by atoms with Gasteiger partial charge in [0, 0.05) is 11.1 Å². The standard InChI is InChI=1S/C28H9F2N7O2/c1-13(8-31)27-36-23-21(17-4-2-14(9-32)6-19(17)29)26-24(37-28(39-26)16(11-34)12-35)22(25(23)38-27)18-5-3-15(10-33)7-20(18)30/h2-7H,1H3/b27-13-. The number of fused-ring (bicyclic) bond motifs is 2. The summed E-state index contributed by atoms with van der Waals surface area (Å²) < 4.78 is 42.4. The van der Waals surface area contributed by atoms with E-state index in [9.17, 15) is 26.3 Å². The third-order valence-corrected chi connectivity index (χ3v) is 5.84. The number of rotatable bonds is 2. The van der Waals surface area contributed by atoms with Crippen molar-refractivity contribution < 1.29 is 17.6 Å². The van der Waals surface area contributed by atoms with Crippen molar-refractivity contribution in [2.75, 3.05) is 0 Å². The number of halogens is 2. The number of aromatic nitrogens is 2. The first-order valence-electron chi connectivity index (χ1n) is 10.9. The number of nitriles is 5. The van der Waals surface area contributed by atoms with Crippen LogP contribution in [0.2, 0.25) is 0 Å². The maximum Gasteiger partial charge on any atom is 0.249 e. The Morgan fingerprint density at radius 1 is 0.692 bits per heavy atom. The zero-order valence-electron chi connectivity index (χ0n) is 19.7. The summed E-state index contributed by atoms with van der Waals surface area (Å²) in [5, 5.41) is 46.6. The molecule has 0 spiro atoms. The van der Waals surface area contributed by atoms with Crippen molar-refractivity contribution in [1.82, 2.24) is 9.97 Å². The van der Waals surface area contributed by atoms with Crippen LogP contribution in [0.1, 0.15) is 18.1 Å². The minimum absolute atomic E-state index is 0.0190. The molecule has 0 aliphatic heterocycles. The maximum absolute atomic E-state index is 15.3. The molecule has 0 atom stereocenters. The largest absolute Gasteiger partial charge is 0.435 e. The van der Waals surface area contributed by atoms with E-state index in [0.29, 0.717) is 0 Å². The molecule has 5 rings (SSSR count). The summed E-state index contributed by atoms with van der Waals surface area (Å²) in [6.07, 6.45) is 0. The third-order valence-electron chi connectivity index (χ3n) is 5.84. The molecule has 0 saturated heterocycles. The minimum Gasteiger partial charge on any atom is -0.435 e. The lowest BCUT2D eigenvalue weighted by Gasteiger charge is -2.10. The van der Waals surface area contributed by atoms with Crippen LogP contribution in [0, 0.1) is 68.3 Å². The van der Waals surface area contributed by atoms with E-state index < -0.39 is 22.8 Å². The van der Waals surface area contributed by atoms with E-state index in [2.05, 4.69) is 9.97 Å². The van der Waals surface area contributed by atoms with Gasteiger partial charge >= 0.3 is 0 Å². The monoisotopic (exact) mass is 513 g/mol. The van der Waals surface area contributed by atoms with Gasteiger partial charge in [-0.15, -0.1) is 0 Å². The number of hydrogen-bond acceptors (Lipinski definition) is 9. The van der Waals surface area contributed by atoms with Crippen molar-refractivity contribution in [3.63, 3.8) is 0 Å². The molecule has 0 amide bonds. The fraction of sp³-hybridized carbons (Fsp3) is 0.0357. The molecule has 5 aromatic rings. The molecule has 11 heteroatoms. The SMILES string of the molecule is C/C(C#N)=c1\nc2c(-c3ccc(C#N)cc3F)c3oc(=C(C#N)C#N)nc3c(-c3ccc(C#N)cc3F)c2o1. The van der Waals surface area contributed by atoms with Crippen molar-refractivity contribution in [2.45, 2.75) is 6.92 Å². The molecule has 0 saturated carbocycles. The van der Waals surface area contributed by atoms with Gasteiger partial charge in [0.1, 0.15) is 40.9 Å². The Labute approximate surface area is 217 Å². The molecular formula is C28H9F2N7O2. The fourth-order valence-electron chi connectivity index (χ4n) is 4.04. The first kappa shape index (κ1) is 24.3. The molecule has 0 aliphatic rings. The van der Waals surface area contributed by atoms with E-state index in [1.807, 2.05) is 18.2 Å². The number of oxazole rings is 2. The second kappa shape index (κ2) is 9.26. The van der Waals surface area contributed by atoms with Crippen LogP contribution in [0.3, 0.4) is 0 Å². The molecular weight excluding hydrogens is 504 g/mol. The van der Waals surface area contributed by atoms with E-state index in [4.69, 9.17) is 8.83 Å².